The molecule has 0 heterocycles. The molecule has 0 aliphatic rings. The zero-order valence-corrected chi connectivity index (χ0v) is 11.5. The maximum Gasteiger partial charge on any atom is 0.321 e. The van der Waals surface area contributed by atoms with Crippen LogP contribution in [0.1, 0.15) is 20.8 Å². The second-order valence-corrected chi connectivity index (χ2v) is 4.57. The molecule has 17 heavy (non-hydrogen) atoms. The Morgan fingerprint density at radius 3 is 1.65 bits per heavy atom. The van der Waals surface area contributed by atoms with Crippen molar-refractivity contribution in [3.05, 3.63) is 0 Å². The van der Waals surface area contributed by atoms with Gasteiger partial charge < -0.3 is 21.1 Å². The Morgan fingerprint density at radius 2 is 1.59 bits per heavy atom. The van der Waals surface area contributed by atoms with Gasteiger partial charge in [-0.15, -0.1) is 24.0 Å². The molecule has 8 heteroatoms. The molecule has 5 N–H and O–H groups in total. The first kappa shape index (κ1) is 21.7. The minimum absolute atomic E-state index is 0. The Balaban J connectivity index is -0.000000244. The lowest BCUT2D eigenvalue weighted by molar-refractivity contribution is -0.142. The SMILES string of the molecule is CC(C)(CO)C(N)C(=O)O.CC(Cl)C(=O)O.Cl. The molecule has 0 radical (unpaired) electrons. The number of hydrogen-bond acceptors (Lipinski definition) is 4. The molecule has 0 saturated carbocycles. The number of alkyl halides is 1. The molecule has 2 unspecified atom stereocenters. The average Bonchev–Trinajstić information content (AvgIpc) is 2.17. The van der Waals surface area contributed by atoms with E-state index in [0.29, 0.717) is 0 Å². The molecule has 0 aromatic heterocycles. The number of hydrogen-bond donors (Lipinski definition) is 4. The molecule has 0 amide bonds. The van der Waals surface area contributed by atoms with E-state index in [2.05, 4.69) is 0 Å². The molecular formula is C9H19Cl2NO5. The molecule has 0 aliphatic carbocycles. The zero-order valence-electron chi connectivity index (χ0n) is 9.88. The van der Waals surface area contributed by atoms with Crippen molar-refractivity contribution in [3.63, 3.8) is 0 Å². The van der Waals surface area contributed by atoms with E-state index < -0.39 is 28.8 Å². The number of aliphatic hydroxyl groups excluding tert-OH is 1. The van der Waals surface area contributed by atoms with Crippen LogP contribution < -0.4 is 5.73 Å². The molecule has 104 valence electrons. The summed E-state index contributed by atoms with van der Waals surface area (Å²) in [7, 11) is 0. The van der Waals surface area contributed by atoms with E-state index in [4.69, 9.17) is 32.7 Å². The smallest absolute Gasteiger partial charge is 0.321 e. The maximum atomic E-state index is 10.3. The molecule has 0 aromatic carbocycles. The van der Waals surface area contributed by atoms with Gasteiger partial charge in [-0.2, -0.15) is 0 Å². The number of carbonyl (C=O) groups is 2. The number of carboxylic acid groups (broad SMARTS) is 2. The quantitative estimate of drug-likeness (QED) is 0.561. The lowest BCUT2D eigenvalue weighted by Gasteiger charge is -2.25. The second-order valence-electron chi connectivity index (χ2n) is 3.92. The zero-order chi connectivity index (χ0) is 13.5. The van der Waals surface area contributed by atoms with Gasteiger partial charge in [-0.1, -0.05) is 13.8 Å². The molecule has 0 bridgehead atoms. The van der Waals surface area contributed by atoms with Crippen molar-refractivity contribution >= 4 is 35.9 Å². The topological polar surface area (TPSA) is 121 Å². The molecule has 0 saturated heterocycles. The molecule has 2 atom stereocenters. The number of rotatable bonds is 4. The fourth-order valence-electron chi connectivity index (χ4n) is 0.433. The highest BCUT2D eigenvalue weighted by Crippen LogP contribution is 2.17. The summed E-state index contributed by atoms with van der Waals surface area (Å²) < 4.78 is 0. The van der Waals surface area contributed by atoms with Gasteiger partial charge in [0.05, 0.1) is 6.61 Å². The third-order valence-electron chi connectivity index (χ3n) is 1.86. The number of nitrogens with two attached hydrogens (primary N) is 1. The van der Waals surface area contributed by atoms with Crippen molar-refractivity contribution in [1.29, 1.82) is 0 Å². The Labute approximate surface area is 111 Å². The van der Waals surface area contributed by atoms with Gasteiger partial charge in [0.25, 0.3) is 0 Å². The number of aliphatic carboxylic acids is 2. The van der Waals surface area contributed by atoms with E-state index in [1.807, 2.05) is 0 Å². The van der Waals surface area contributed by atoms with Gasteiger partial charge in [-0.05, 0) is 6.92 Å². The molecule has 0 aromatic rings. The summed E-state index contributed by atoms with van der Waals surface area (Å²) in [6, 6.07) is -1.00. The lowest BCUT2D eigenvalue weighted by atomic mass is 9.86. The van der Waals surface area contributed by atoms with Crippen LogP contribution in [0, 0.1) is 5.41 Å². The highest BCUT2D eigenvalue weighted by atomic mass is 35.5. The highest BCUT2D eigenvalue weighted by molar-refractivity contribution is 6.29. The minimum atomic E-state index is -1.08. The third kappa shape index (κ3) is 10.3. The minimum Gasteiger partial charge on any atom is -0.480 e. The normalized spacial score (nSPS) is 13.5. The van der Waals surface area contributed by atoms with Crippen LogP contribution in [0.2, 0.25) is 0 Å². The van der Waals surface area contributed by atoms with Crippen LogP contribution in [0.15, 0.2) is 0 Å². The maximum absolute atomic E-state index is 10.3. The van der Waals surface area contributed by atoms with Crippen molar-refractivity contribution in [2.75, 3.05) is 6.61 Å². The summed E-state index contributed by atoms with van der Waals surface area (Å²) in [5.74, 6) is -2.06. The highest BCUT2D eigenvalue weighted by Gasteiger charge is 2.30. The summed E-state index contributed by atoms with van der Waals surface area (Å²) in [4.78, 5) is 19.8. The Hall–Kier alpha value is -0.560. The number of carboxylic acids is 2. The summed E-state index contributed by atoms with van der Waals surface area (Å²) >= 11 is 5.01. The summed E-state index contributed by atoms with van der Waals surface area (Å²) in [5, 5.41) is 24.2. The largest absolute Gasteiger partial charge is 0.480 e. The van der Waals surface area contributed by atoms with Gasteiger partial charge in [0.1, 0.15) is 11.4 Å². The first-order valence-electron chi connectivity index (χ1n) is 4.52. The van der Waals surface area contributed by atoms with Gasteiger partial charge >= 0.3 is 11.9 Å². The van der Waals surface area contributed by atoms with E-state index in [0.717, 1.165) is 0 Å². The van der Waals surface area contributed by atoms with Crippen molar-refractivity contribution < 1.29 is 24.9 Å². The first-order chi connectivity index (χ1) is 7.06. The van der Waals surface area contributed by atoms with E-state index in [-0.39, 0.29) is 19.0 Å². The fraction of sp³-hybridized carbons (Fsp3) is 0.778. The Kier molecular flexibility index (Phi) is 12.1. The Bertz CT molecular complexity index is 246. The Morgan fingerprint density at radius 1 is 1.29 bits per heavy atom. The summed E-state index contributed by atoms with van der Waals surface area (Å²) in [6.45, 7) is 4.39. The van der Waals surface area contributed by atoms with E-state index >= 15 is 0 Å². The van der Waals surface area contributed by atoms with Crippen LogP contribution in [0.3, 0.4) is 0 Å². The van der Waals surface area contributed by atoms with E-state index in [1.165, 1.54) is 6.92 Å². The van der Waals surface area contributed by atoms with Crippen LogP contribution in [-0.2, 0) is 9.59 Å². The molecule has 6 nitrogen and oxygen atoms in total. The lowest BCUT2D eigenvalue weighted by Crippen LogP contribution is -2.45. The van der Waals surface area contributed by atoms with Gasteiger partial charge in [0.15, 0.2) is 0 Å². The summed E-state index contributed by atoms with van der Waals surface area (Å²) in [6.07, 6.45) is 0. The van der Waals surface area contributed by atoms with Crippen LogP contribution >= 0.6 is 24.0 Å². The third-order valence-corrected chi connectivity index (χ3v) is 2.04. The predicted molar refractivity (Wildman–Crippen MR) is 66.7 cm³/mol. The summed E-state index contributed by atoms with van der Waals surface area (Å²) in [5.41, 5.74) is 4.50. The second kappa shape index (κ2) is 9.47. The van der Waals surface area contributed by atoms with Crippen molar-refractivity contribution in [2.45, 2.75) is 32.2 Å². The molecular weight excluding hydrogens is 273 g/mol. The van der Waals surface area contributed by atoms with Gasteiger partial charge in [-0.3, -0.25) is 9.59 Å². The van der Waals surface area contributed by atoms with Crippen molar-refractivity contribution in [3.8, 4) is 0 Å². The average molecular weight is 292 g/mol. The van der Waals surface area contributed by atoms with Crippen LogP contribution in [0.4, 0.5) is 0 Å². The van der Waals surface area contributed by atoms with Crippen LogP contribution in [0.5, 0.6) is 0 Å². The molecule has 0 spiro atoms. The van der Waals surface area contributed by atoms with Gasteiger partial charge in [0, 0.05) is 5.41 Å². The van der Waals surface area contributed by atoms with Gasteiger partial charge in [0.2, 0.25) is 0 Å². The molecule has 0 aliphatic heterocycles. The van der Waals surface area contributed by atoms with E-state index in [9.17, 15) is 9.59 Å². The molecule has 0 fully saturated rings. The molecule has 0 rings (SSSR count). The fourth-order valence-corrected chi connectivity index (χ4v) is 0.433. The standard InChI is InChI=1S/C6H13NO3.C3H5ClO2.ClH/c1-6(2,3-8)4(7)5(9)10;1-2(4)3(5)6;/h4,8H,3,7H2,1-2H3,(H,9,10);2H,1H3,(H,5,6);1H. The number of halogens is 2. The van der Waals surface area contributed by atoms with Crippen molar-refractivity contribution in [2.24, 2.45) is 11.1 Å². The van der Waals surface area contributed by atoms with Crippen LogP contribution in [0.25, 0.3) is 0 Å². The van der Waals surface area contributed by atoms with Gasteiger partial charge in [-0.25, -0.2) is 0 Å². The number of aliphatic hydroxyl groups is 1. The predicted octanol–water partition coefficient (Wildman–Crippen LogP) is 0.537. The van der Waals surface area contributed by atoms with Crippen LogP contribution in [-0.4, -0.2) is 45.3 Å². The van der Waals surface area contributed by atoms with E-state index in [1.54, 1.807) is 13.8 Å². The monoisotopic (exact) mass is 291 g/mol. The van der Waals surface area contributed by atoms with Crippen molar-refractivity contribution in [1.82, 2.24) is 0 Å². The first-order valence-corrected chi connectivity index (χ1v) is 4.96.